The zero-order valence-electron chi connectivity index (χ0n) is 13.6. The van der Waals surface area contributed by atoms with Crippen molar-refractivity contribution in [2.24, 2.45) is 7.05 Å². The topological polar surface area (TPSA) is 74.6 Å². The van der Waals surface area contributed by atoms with Crippen molar-refractivity contribution in [2.45, 2.75) is 13.3 Å². The van der Waals surface area contributed by atoms with Gasteiger partial charge >= 0.3 is 0 Å². The molecule has 8 heteroatoms. The van der Waals surface area contributed by atoms with Crippen molar-refractivity contribution >= 4 is 11.6 Å². The molecule has 0 aliphatic carbocycles. The molecular formula is C17H13ClN6O. The summed E-state index contributed by atoms with van der Waals surface area (Å²) in [4.78, 5) is 8.86. The monoisotopic (exact) mass is 352 g/mol. The van der Waals surface area contributed by atoms with Gasteiger partial charge < -0.3 is 9.09 Å². The normalized spacial score (nSPS) is 12.4. The number of rotatable bonds is 1. The molecule has 0 unspecified atom stereocenters. The van der Waals surface area contributed by atoms with Crippen molar-refractivity contribution in [3.63, 3.8) is 0 Å². The first-order valence-electron chi connectivity index (χ1n) is 7.80. The second-order valence-electron chi connectivity index (χ2n) is 6.04. The summed E-state index contributed by atoms with van der Waals surface area (Å²) in [5, 5.41) is 8.99. The molecule has 7 nitrogen and oxygen atoms in total. The van der Waals surface area contributed by atoms with Gasteiger partial charge in [-0.2, -0.15) is 10.1 Å². The van der Waals surface area contributed by atoms with Crippen LogP contribution in [-0.2, 0) is 13.5 Å². The average molecular weight is 353 g/mol. The lowest BCUT2D eigenvalue weighted by Crippen LogP contribution is -2.00. The highest BCUT2D eigenvalue weighted by molar-refractivity contribution is 6.31. The van der Waals surface area contributed by atoms with Crippen LogP contribution in [0.3, 0.4) is 0 Å². The Hall–Kier alpha value is -2.93. The Labute approximate surface area is 147 Å². The van der Waals surface area contributed by atoms with E-state index in [1.807, 2.05) is 36.1 Å². The van der Waals surface area contributed by atoms with Crippen LogP contribution in [0.1, 0.15) is 17.1 Å². The smallest absolute Gasteiger partial charge is 0.278 e. The summed E-state index contributed by atoms with van der Waals surface area (Å²) in [5.74, 6) is 1.01. The van der Waals surface area contributed by atoms with Crippen LogP contribution in [-0.4, -0.2) is 29.5 Å². The number of hydrogen-bond acceptors (Lipinski definition) is 5. The molecule has 25 heavy (non-hydrogen) atoms. The van der Waals surface area contributed by atoms with Crippen LogP contribution in [0.15, 0.2) is 35.2 Å². The highest BCUT2D eigenvalue weighted by atomic mass is 35.5. The lowest BCUT2D eigenvalue weighted by Gasteiger charge is -2.11. The fourth-order valence-electron chi connectivity index (χ4n) is 3.37. The summed E-state index contributed by atoms with van der Waals surface area (Å²) in [5.41, 5.74) is 5.84. The van der Waals surface area contributed by atoms with Crippen LogP contribution >= 0.6 is 11.6 Å². The molecule has 4 aromatic rings. The molecule has 0 radical (unpaired) electrons. The van der Waals surface area contributed by atoms with Gasteiger partial charge in [0, 0.05) is 29.6 Å². The summed E-state index contributed by atoms with van der Waals surface area (Å²) in [7, 11) is 1.94. The molecule has 5 rings (SSSR count). The minimum Gasteiger partial charge on any atom is -0.332 e. The fourth-order valence-corrected chi connectivity index (χ4v) is 3.54. The maximum Gasteiger partial charge on any atom is 0.278 e. The van der Waals surface area contributed by atoms with Crippen LogP contribution < -0.4 is 0 Å². The molecule has 3 aromatic heterocycles. The molecule has 0 saturated heterocycles. The van der Waals surface area contributed by atoms with E-state index in [2.05, 4.69) is 24.8 Å². The summed E-state index contributed by atoms with van der Waals surface area (Å²) in [6.07, 6.45) is 4.33. The zero-order chi connectivity index (χ0) is 17.1. The first kappa shape index (κ1) is 14.4. The number of aryl methyl sites for hydroxylation is 2. The van der Waals surface area contributed by atoms with Gasteiger partial charge in [0.2, 0.25) is 0 Å². The Bertz CT molecular complexity index is 1120. The second kappa shape index (κ2) is 5.03. The third-order valence-corrected chi connectivity index (χ3v) is 4.68. The molecule has 1 aliphatic rings. The fraction of sp³-hybridized carbons (Fsp3) is 0.176. The predicted molar refractivity (Wildman–Crippen MR) is 91.6 cm³/mol. The van der Waals surface area contributed by atoms with Gasteiger partial charge in [0.05, 0.1) is 23.3 Å². The largest absolute Gasteiger partial charge is 0.332 e. The number of benzene rings is 1. The molecule has 0 atom stereocenters. The van der Waals surface area contributed by atoms with E-state index in [4.69, 9.17) is 16.1 Å². The van der Waals surface area contributed by atoms with Gasteiger partial charge in [0.15, 0.2) is 11.5 Å². The Morgan fingerprint density at radius 3 is 2.96 bits per heavy atom. The molecule has 0 N–H and O–H groups in total. The molecule has 4 heterocycles. The molecule has 0 bridgehead atoms. The van der Waals surface area contributed by atoms with E-state index in [0.717, 1.165) is 28.2 Å². The van der Waals surface area contributed by atoms with Gasteiger partial charge in [-0.15, -0.1) is 0 Å². The zero-order valence-corrected chi connectivity index (χ0v) is 14.3. The van der Waals surface area contributed by atoms with Gasteiger partial charge in [-0.25, -0.2) is 4.98 Å². The van der Waals surface area contributed by atoms with Gasteiger partial charge in [-0.05, 0) is 25.1 Å². The molecule has 124 valence electrons. The third-order valence-electron chi connectivity index (χ3n) is 4.44. The Balaban J connectivity index is 1.83. The molecule has 0 amide bonds. The first-order valence-corrected chi connectivity index (χ1v) is 8.17. The Morgan fingerprint density at radius 1 is 1.28 bits per heavy atom. The molecule has 0 fully saturated rings. The maximum absolute atomic E-state index is 6.26. The molecule has 1 aromatic carbocycles. The van der Waals surface area contributed by atoms with E-state index in [-0.39, 0.29) is 0 Å². The number of hydrogen-bond donors (Lipinski definition) is 0. The van der Waals surface area contributed by atoms with Gasteiger partial charge in [-0.1, -0.05) is 16.8 Å². The molecule has 0 saturated carbocycles. The van der Waals surface area contributed by atoms with Gasteiger partial charge in [-0.3, -0.25) is 4.68 Å². The van der Waals surface area contributed by atoms with E-state index in [9.17, 15) is 0 Å². The van der Waals surface area contributed by atoms with Crippen LogP contribution in [0.2, 0.25) is 5.02 Å². The minimum absolute atomic E-state index is 0.425. The second-order valence-corrected chi connectivity index (χ2v) is 6.47. The number of aromatic nitrogens is 6. The maximum atomic E-state index is 6.26. The third kappa shape index (κ3) is 2.05. The summed E-state index contributed by atoms with van der Waals surface area (Å²) < 4.78 is 9.27. The number of imidazole rings is 1. The number of halogens is 1. The molecular weight excluding hydrogens is 340 g/mol. The van der Waals surface area contributed by atoms with E-state index < -0.39 is 0 Å². The minimum atomic E-state index is 0.425. The highest BCUT2D eigenvalue weighted by Gasteiger charge is 2.27. The number of fused-ring (bicyclic) bond motifs is 5. The van der Waals surface area contributed by atoms with Crippen LogP contribution in [0.25, 0.3) is 28.5 Å². The highest BCUT2D eigenvalue weighted by Crippen LogP contribution is 2.38. The van der Waals surface area contributed by atoms with Crippen molar-refractivity contribution in [2.75, 3.05) is 0 Å². The lowest BCUT2D eigenvalue weighted by molar-refractivity contribution is 0.424. The summed E-state index contributed by atoms with van der Waals surface area (Å²) in [6.45, 7) is 1.79. The van der Waals surface area contributed by atoms with Crippen LogP contribution in [0, 0.1) is 6.92 Å². The Kier molecular flexibility index (Phi) is 2.90. The average Bonchev–Trinajstić information content (AvgIpc) is 3.26. The van der Waals surface area contributed by atoms with Crippen molar-refractivity contribution in [3.05, 3.63) is 52.8 Å². The van der Waals surface area contributed by atoms with E-state index in [0.29, 0.717) is 28.9 Å². The van der Waals surface area contributed by atoms with E-state index in [1.165, 1.54) is 0 Å². The molecule has 1 aliphatic heterocycles. The standard InChI is InChI=1S/C17H13ClN6O/c1-9-21-17(25-22-9)15-14-5-10-7-20-23(2)16(10)12-6-11(18)3-4-13(12)24(14)8-19-15/h3-4,6-8H,5H2,1-2H3. The first-order chi connectivity index (χ1) is 12.1. The van der Waals surface area contributed by atoms with E-state index >= 15 is 0 Å². The van der Waals surface area contributed by atoms with Crippen molar-refractivity contribution < 1.29 is 4.52 Å². The van der Waals surface area contributed by atoms with Gasteiger partial charge in [0.25, 0.3) is 5.89 Å². The molecule has 0 spiro atoms. The van der Waals surface area contributed by atoms with E-state index in [1.54, 1.807) is 13.3 Å². The van der Waals surface area contributed by atoms with Gasteiger partial charge in [0.1, 0.15) is 6.33 Å². The van der Waals surface area contributed by atoms with Crippen LogP contribution in [0.4, 0.5) is 0 Å². The lowest BCUT2D eigenvalue weighted by atomic mass is 10.0. The number of nitrogens with zero attached hydrogens (tertiary/aromatic N) is 6. The van der Waals surface area contributed by atoms with Crippen LogP contribution in [0.5, 0.6) is 0 Å². The van der Waals surface area contributed by atoms with Crippen molar-refractivity contribution in [1.82, 2.24) is 29.5 Å². The van der Waals surface area contributed by atoms with Crippen molar-refractivity contribution in [1.29, 1.82) is 0 Å². The quantitative estimate of drug-likeness (QED) is 0.463. The Morgan fingerprint density at radius 2 is 2.16 bits per heavy atom. The SMILES string of the molecule is Cc1noc(-c2ncn3c2Cc2cnn(C)c2-c2cc(Cl)ccc2-3)n1. The summed E-state index contributed by atoms with van der Waals surface area (Å²) >= 11 is 6.26. The predicted octanol–water partition coefficient (Wildman–Crippen LogP) is 3.19. The van der Waals surface area contributed by atoms with Crippen molar-refractivity contribution in [3.8, 4) is 28.5 Å². The summed E-state index contributed by atoms with van der Waals surface area (Å²) in [6, 6.07) is 5.83.